The van der Waals surface area contributed by atoms with Gasteiger partial charge in [0.2, 0.25) is 10.0 Å². The maximum Gasteiger partial charge on any atom is 0.243 e. The van der Waals surface area contributed by atoms with Crippen LogP contribution in [0.2, 0.25) is 0 Å². The van der Waals surface area contributed by atoms with Crippen molar-refractivity contribution in [3.05, 3.63) is 59.4 Å². The number of methoxy groups -OCH3 is 1. The SMILES string of the molecule is COc1ccc(S(=O)(=O)N2CCC(=Cc3cccc(C)n3)CC2)cc1. The Kier molecular flexibility index (Phi) is 5.20. The molecule has 132 valence electrons. The van der Waals surface area contributed by atoms with E-state index in [1.165, 1.54) is 5.57 Å². The number of aryl methyl sites for hydroxylation is 1. The number of piperidine rings is 1. The molecular weight excluding hydrogens is 336 g/mol. The third-order valence-corrected chi connectivity index (χ3v) is 6.24. The van der Waals surface area contributed by atoms with Crippen LogP contribution in [-0.4, -0.2) is 37.9 Å². The second kappa shape index (κ2) is 7.37. The van der Waals surface area contributed by atoms with Crippen LogP contribution in [0.25, 0.3) is 6.08 Å². The minimum Gasteiger partial charge on any atom is -0.497 e. The monoisotopic (exact) mass is 358 g/mol. The van der Waals surface area contributed by atoms with Crippen molar-refractivity contribution < 1.29 is 13.2 Å². The maximum absolute atomic E-state index is 12.7. The molecule has 1 saturated heterocycles. The van der Waals surface area contributed by atoms with Crippen LogP contribution in [0.3, 0.4) is 0 Å². The molecule has 0 N–H and O–H groups in total. The van der Waals surface area contributed by atoms with Gasteiger partial charge in [0.25, 0.3) is 0 Å². The number of sulfonamides is 1. The molecule has 2 heterocycles. The maximum atomic E-state index is 12.7. The van der Waals surface area contributed by atoms with Crippen molar-refractivity contribution in [3.8, 4) is 5.75 Å². The lowest BCUT2D eigenvalue weighted by molar-refractivity contribution is 0.387. The summed E-state index contributed by atoms with van der Waals surface area (Å²) in [6.07, 6.45) is 3.53. The average Bonchev–Trinajstić information content (AvgIpc) is 2.62. The number of ether oxygens (including phenoxy) is 1. The highest BCUT2D eigenvalue weighted by Gasteiger charge is 2.27. The van der Waals surface area contributed by atoms with Gasteiger partial charge in [-0.05, 0) is 62.2 Å². The number of benzene rings is 1. The number of nitrogens with zero attached hydrogens (tertiary/aromatic N) is 2. The first-order chi connectivity index (χ1) is 12.0. The summed E-state index contributed by atoms with van der Waals surface area (Å²) in [5.74, 6) is 0.647. The molecule has 25 heavy (non-hydrogen) atoms. The van der Waals surface area contributed by atoms with Crippen LogP contribution in [0.1, 0.15) is 24.2 Å². The largest absolute Gasteiger partial charge is 0.497 e. The standard InChI is InChI=1S/C19H22N2O3S/c1-15-4-3-5-17(20-15)14-16-10-12-21(13-11-16)25(22,23)19-8-6-18(24-2)7-9-19/h3-9,14H,10-13H2,1-2H3. The molecule has 2 aromatic rings. The van der Waals surface area contributed by atoms with E-state index < -0.39 is 10.0 Å². The first kappa shape index (κ1) is 17.6. The lowest BCUT2D eigenvalue weighted by Crippen LogP contribution is -2.36. The molecule has 3 rings (SSSR count). The zero-order chi connectivity index (χ0) is 17.9. The second-order valence-electron chi connectivity index (χ2n) is 6.09. The van der Waals surface area contributed by atoms with Gasteiger partial charge in [0.1, 0.15) is 5.75 Å². The van der Waals surface area contributed by atoms with Crippen LogP contribution in [0.15, 0.2) is 52.9 Å². The van der Waals surface area contributed by atoms with E-state index in [0.717, 1.165) is 24.2 Å². The van der Waals surface area contributed by atoms with E-state index in [-0.39, 0.29) is 0 Å². The fraction of sp³-hybridized carbons (Fsp3) is 0.316. The van der Waals surface area contributed by atoms with Crippen LogP contribution in [0.5, 0.6) is 5.75 Å². The van der Waals surface area contributed by atoms with Gasteiger partial charge in [-0.3, -0.25) is 4.98 Å². The van der Waals surface area contributed by atoms with Crippen molar-refractivity contribution in [2.75, 3.05) is 20.2 Å². The summed E-state index contributed by atoms with van der Waals surface area (Å²) in [5.41, 5.74) is 3.15. The van der Waals surface area contributed by atoms with Crippen molar-refractivity contribution in [2.45, 2.75) is 24.7 Å². The van der Waals surface area contributed by atoms with Crippen molar-refractivity contribution in [3.63, 3.8) is 0 Å². The number of hydrogen-bond donors (Lipinski definition) is 0. The minimum absolute atomic E-state index is 0.307. The van der Waals surface area contributed by atoms with E-state index in [0.29, 0.717) is 23.7 Å². The van der Waals surface area contributed by atoms with Crippen LogP contribution < -0.4 is 4.74 Å². The molecule has 0 saturated carbocycles. The van der Waals surface area contributed by atoms with E-state index in [4.69, 9.17) is 4.74 Å². The summed E-state index contributed by atoms with van der Waals surface area (Å²) in [6, 6.07) is 12.5. The third kappa shape index (κ3) is 4.08. The van der Waals surface area contributed by atoms with Gasteiger partial charge in [-0.15, -0.1) is 0 Å². The molecule has 0 atom stereocenters. The Hall–Kier alpha value is -2.18. The first-order valence-corrected chi connectivity index (χ1v) is 9.70. The van der Waals surface area contributed by atoms with Crippen molar-refractivity contribution in [1.82, 2.24) is 9.29 Å². The Bertz CT molecular complexity index is 864. The highest BCUT2D eigenvalue weighted by Crippen LogP contribution is 2.25. The molecule has 1 aliphatic rings. The highest BCUT2D eigenvalue weighted by molar-refractivity contribution is 7.89. The molecule has 0 aliphatic carbocycles. The van der Waals surface area contributed by atoms with Crippen LogP contribution in [-0.2, 0) is 10.0 Å². The van der Waals surface area contributed by atoms with Gasteiger partial charge in [-0.2, -0.15) is 4.31 Å². The Morgan fingerprint density at radius 1 is 1.08 bits per heavy atom. The quantitative estimate of drug-likeness (QED) is 0.842. The van der Waals surface area contributed by atoms with E-state index in [2.05, 4.69) is 11.1 Å². The molecule has 5 nitrogen and oxygen atoms in total. The van der Waals surface area contributed by atoms with Gasteiger partial charge in [-0.1, -0.05) is 11.6 Å². The lowest BCUT2D eigenvalue weighted by Gasteiger charge is -2.27. The summed E-state index contributed by atoms with van der Waals surface area (Å²) < 4.78 is 32.1. The normalized spacial score (nSPS) is 15.8. The number of aromatic nitrogens is 1. The summed E-state index contributed by atoms with van der Waals surface area (Å²) in [4.78, 5) is 4.79. The predicted octanol–water partition coefficient (Wildman–Crippen LogP) is 3.27. The molecule has 0 amide bonds. The fourth-order valence-corrected chi connectivity index (χ4v) is 4.35. The molecule has 1 fully saturated rings. The molecule has 0 unspecified atom stereocenters. The predicted molar refractivity (Wildman–Crippen MR) is 97.9 cm³/mol. The molecule has 0 spiro atoms. The molecule has 0 radical (unpaired) electrons. The number of rotatable bonds is 4. The topological polar surface area (TPSA) is 59.5 Å². The lowest BCUT2D eigenvalue weighted by atomic mass is 10.0. The first-order valence-electron chi connectivity index (χ1n) is 8.26. The van der Waals surface area contributed by atoms with Gasteiger partial charge in [0.15, 0.2) is 0 Å². The Balaban J connectivity index is 1.70. The van der Waals surface area contributed by atoms with E-state index >= 15 is 0 Å². The van der Waals surface area contributed by atoms with E-state index in [1.807, 2.05) is 25.1 Å². The summed E-state index contributed by atoms with van der Waals surface area (Å²) in [6.45, 7) is 2.95. The molecule has 1 aromatic heterocycles. The summed E-state index contributed by atoms with van der Waals surface area (Å²) >= 11 is 0. The number of hydrogen-bond acceptors (Lipinski definition) is 4. The summed E-state index contributed by atoms with van der Waals surface area (Å²) in [7, 11) is -1.89. The number of pyridine rings is 1. The average molecular weight is 358 g/mol. The summed E-state index contributed by atoms with van der Waals surface area (Å²) in [5, 5.41) is 0. The zero-order valence-corrected chi connectivity index (χ0v) is 15.3. The van der Waals surface area contributed by atoms with Crippen molar-refractivity contribution in [1.29, 1.82) is 0 Å². The highest BCUT2D eigenvalue weighted by atomic mass is 32.2. The van der Waals surface area contributed by atoms with Crippen LogP contribution >= 0.6 is 0 Å². The molecule has 6 heteroatoms. The molecule has 1 aromatic carbocycles. The molecular formula is C19H22N2O3S. The molecule has 1 aliphatic heterocycles. The van der Waals surface area contributed by atoms with Gasteiger partial charge in [0, 0.05) is 18.8 Å². The van der Waals surface area contributed by atoms with Gasteiger partial charge >= 0.3 is 0 Å². The van der Waals surface area contributed by atoms with E-state index in [9.17, 15) is 8.42 Å². The minimum atomic E-state index is -3.46. The third-order valence-electron chi connectivity index (χ3n) is 4.32. The van der Waals surface area contributed by atoms with Gasteiger partial charge in [-0.25, -0.2) is 8.42 Å². The Morgan fingerprint density at radius 3 is 2.36 bits per heavy atom. The zero-order valence-electron chi connectivity index (χ0n) is 14.5. The fourth-order valence-electron chi connectivity index (χ4n) is 2.91. The van der Waals surface area contributed by atoms with Crippen LogP contribution in [0.4, 0.5) is 0 Å². The Morgan fingerprint density at radius 2 is 1.76 bits per heavy atom. The van der Waals surface area contributed by atoms with E-state index in [1.54, 1.807) is 35.7 Å². The van der Waals surface area contributed by atoms with Gasteiger partial charge < -0.3 is 4.74 Å². The smallest absolute Gasteiger partial charge is 0.243 e. The second-order valence-corrected chi connectivity index (χ2v) is 8.02. The van der Waals surface area contributed by atoms with Gasteiger partial charge in [0.05, 0.1) is 17.7 Å². The Labute approximate surface area is 149 Å². The van der Waals surface area contributed by atoms with Crippen molar-refractivity contribution >= 4 is 16.1 Å². The molecule has 0 bridgehead atoms. The van der Waals surface area contributed by atoms with Crippen LogP contribution in [0, 0.1) is 6.92 Å². The van der Waals surface area contributed by atoms with Crippen molar-refractivity contribution in [2.24, 2.45) is 0 Å².